The lowest BCUT2D eigenvalue weighted by Crippen LogP contribution is -2.23. The van der Waals surface area contributed by atoms with Crippen LogP contribution in [0.15, 0.2) is 47.2 Å². The zero-order chi connectivity index (χ0) is 13.8. The molecule has 0 bridgehead atoms. The van der Waals surface area contributed by atoms with Gasteiger partial charge in [0.15, 0.2) is 6.10 Å². The van der Waals surface area contributed by atoms with Crippen LogP contribution in [0.1, 0.15) is 22.8 Å². The Morgan fingerprint density at radius 1 is 1.26 bits per heavy atom. The van der Waals surface area contributed by atoms with Crippen LogP contribution in [0.4, 0.5) is 0 Å². The third-order valence-corrected chi connectivity index (χ3v) is 3.13. The number of pyridine rings is 1. The number of ether oxygens (including phenoxy) is 1. The largest absolute Gasteiger partial charge is 0.481 e. The van der Waals surface area contributed by atoms with Gasteiger partial charge in [0, 0.05) is 16.2 Å². The molecule has 1 atom stereocenters. The lowest BCUT2D eigenvalue weighted by atomic mass is 10.1. The van der Waals surface area contributed by atoms with Crippen LogP contribution in [0.2, 0.25) is 0 Å². The fourth-order valence-corrected chi connectivity index (χ4v) is 2.01. The number of carbonyl (C=O) groups is 1. The molecule has 1 unspecified atom stereocenters. The third-order valence-electron chi connectivity index (χ3n) is 2.70. The standard InChI is InChI=1S/C15H14BrNO2/c1-10-3-5-12(6-4-10)15(18)11(2)19-14-7-13(16)8-17-9-14/h3-9,11H,1-2H3. The van der Waals surface area contributed by atoms with Crippen molar-refractivity contribution >= 4 is 21.7 Å². The molecule has 3 nitrogen and oxygen atoms in total. The summed E-state index contributed by atoms with van der Waals surface area (Å²) in [5, 5.41) is 0. The van der Waals surface area contributed by atoms with E-state index in [1.807, 2.05) is 31.2 Å². The summed E-state index contributed by atoms with van der Waals surface area (Å²) in [7, 11) is 0. The summed E-state index contributed by atoms with van der Waals surface area (Å²) in [6, 6.07) is 9.25. The summed E-state index contributed by atoms with van der Waals surface area (Å²) in [6.07, 6.45) is 2.71. The minimum Gasteiger partial charge on any atom is -0.481 e. The van der Waals surface area contributed by atoms with Gasteiger partial charge in [0.25, 0.3) is 0 Å². The van der Waals surface area contributed by atoms with Gasteiger partial charge in [-0.1, -0.05) is 29.8 Å². The molecule has 0 amide bonds. The number of halogens is 1. The van der Waals surface area contributed by atoms with Crippen molar-refractivity contribution in [1.82, 2.24) is 4.98 Å². The molecule has 1 aromatic heterocycles. The van der Waals surface area contributed by atoms with Gasteiger partial charge < -0.3 is 4.74 Å². The number of aromatic nitrogens is 1. The van der Waals surface area contributed by atoms with E-state index in [0.29, 0.717) is 11.3 Å². The topological polar surface area (TPSA) is 39.2 Å². The van der Waals surface area contributed by atoms with E-state index in [1.54, 1.807) is 25.4 Å². The Morgan fingerprint density at radius 2 is 1.95 bits per heavy atom. The van der Waals surface area contributed by atoms with Crippen molar-refractivity contribution in [1.29, 1.82) is 0 Å². The highest BCUT2D eigenvalue weighted by atomic mass is 79.9. The molecule has 0 saturated carbocycles. The molecule has 19 heavy (non-hydrogen) atoms. The highest BCUT2D eigenvalue weighted by molar-refractivity contribution is 9.10. The second-order valence-corrected chi connectivity index (χ2v) is 5.24. The molecule has 0 spiro atoms. The van der Waals surface area contributed by atoms with E-state index in [1.165, 1.54) is 0 Å². The highest BCUT2D eigenvalue weighted by Gasteiger charge is 2.16. The van der Waals surface area contributed by atoms with Crippen LogP contribution in [-0.2, 0) is 0 Å². The highest BCUT2D eigenvalue weighted by Crippen LogP contribution is 2.18. The van der Waals surface area contributed by atoms with Crippen molar-refractivity contribution in [2.24, 2.45) is 0 Å². The van der Waals surface area contributed by atoms with E-state index < -0.39 is 6.10 Å². The maximum Gasteiger partial charge on any atom is 0.202 e. The number of aryl methyl sites for hydroxylation is 1. The van der Waals surface area contributed by atoms with Gasteiger partial charge >= 0.3 is 0 Å². The molecule has 0 radical (unpaired) electrons. The zero-order valence-electron chi connectivity index (χ0n) is 10.8. The molecule has 0 aliphatic heterocycles. The van der Waals surface area contributed by atoms with Crippen LogP contribution >= 0.6 is 15.9 Å². The molecule has 0 fully saturated rings. The fraction of sp³-hybridized carbons (Fsp3) is 0.200. The molecule has 0 aliphatic carbocycles. The molecule has 4 heteroatoms. The van der Waals surface area contributed by atoms with Crippen LogP contribution in [0.3, 0.4) is 0 Å². The number of hydrogen-bond donors (Lipinski definition) is 0. The van der Waals surface area contributed by atoms with Gasteiger partial charge in [0.1, 0.15) is 5.75 Å². The van der Waals surface area contributed by atoms with E-state index in [2.05, 4.69) is 20.9 Å². The Bertz CT molecular complexity index is 581. The normalized spacial score (nSPS) is 11.9. The quantitative estimate of drug-likeness (QED) is 0.804. The third kappa shape index (κ3) is 3.64. The van der Waals surface area contributed by atoms with Gasteiger partial charge in [-0.05, 0) is 35.8 Å². The van der Waals surface area contributed by atoms with E-state index in [-0.39, 0.29) is 5.78 Å². The molecule has 2 rings (SSSR count). The van der Waals surface area contributed by atoms with Crippen LogP contribution in [0.25, 0.3) is 0 Å². The van der Waals surface area contributed by atoms with Gasteiger partial charge in [0.2, 0.25) is 5.78 Å². The van der Waals surface area contributed by atoms with E-state index >= 15 is 0 Å². The van der Waals surface area contributed by atoms with Gasteiger partial charge in [-0.15, -0.1) is 0 Å². The number of nitrogens with zero attached hydrogens (tertiary/aromatic N) is 1. The Kier molecular flexibility index (Phi) is 4.32. The Hall–Kier alpha value is -1.68. The molecule has 2 aromatic rings. The van der Waals surface area contributed by atoms with Gasteiger partial charge in [0.05, 0.1) is 6.20 Å². The summed E-state index contributed by atoms with van der Waals surface area (Å²) < 4.78 is 6.42. The van der Waals surface area contributed by atoms with Gasteiger partial charge in [-0.25, -0.2) is 0 Å². The summed E-state index contributed by atoms with van der Waals surface area (Å²) in [5.41, 5.74) is 1.78. The van der Waals surface area contributed by atoms with E-state index in [9.17, 15) is 4.79 Å². The molecule has 0 saturated heterocycles. The monoisotopic (exact) mass is 319 g/mol. The average molecular weight is 320 g/mol. The van der Waals surface area contributed by atoms with Crippen LogP contribution in [0.5, 0.6) is 5.75 Å². The predicted octanol–water partition coefficient (Wildman–Crippen LogP) is 3.80. The Balaban J connectivity index is 2.09. The summed E-state index contributed by atoms with van der Waals surface area (Å²) in [5.74, 6) is 0.530. The van der Waals surface area contributed by atoms with Gasteiger partial charge in [-0.3, -0.25) is 9.78 Å². The second-order valence-electron chi connectivity index (χ2n) is 4.33. The van der Waals surface area contributed by atoms with Gasteiger partial charge in [-0.2, -0.15) is 0 Å². The van der Waals surface area contributed by atoms with Crippen molar-refractivity contribution in [2.45, 2.75) is 20.0 Å². The minimum atomic E-state index is -0.543. The maximum absolute atomic E-state index is 12.2. The second kappa shape index (κ2) is 5.97. The van der Waals surface area contributed by atoms with Crippen molar-refractivity contribution in [2.75, 3.05) is 0 Å². The maximum atomic E-state index is 12.2. The number of rotatable bonds is 4. The molecule has 0 N–H and O–H groups in total. The number of Topliss-reactive ketones (excluding diaryl/α,β-unsaturated/α-hetero) is 1. The first-order valence-electron chi connectivity index (χ1n) is 5.94. The first-order chi connectivity index (χ1) is 9.06. The smallest absolute Gasteiger partial charge is 0.202 e. The molecule has 0 aliphatic rings. The van der Waals surface area contributed by atoms with Crippen molar-refractivity contribution in [3.8, 4) is 5.75 Å². The molecule has 1 heterocycles. The van der Waals surface area contributed by atoms with Crippen molar-refractivity contribution < 1.29 is 9.53 Å². The van der Waals surface area contributed by atoms with Crippen LogP contribution in [-0.4, -0.2) is 16.9 Å². The number of hydrogen-bond acceptors (Lipinski definition) is 3. The number of benzene rings is 1. The van der Waals surface area contributed by atoms with Crippen LogP contribution < -0.4 is 4.74 Å². The summed E-state index contributed by atoms with van der Waals surface area (Å²) >= 11 is 3.31. The van der Waals surface area contributed by atoms with Crippen LogP contribution in [0, 0.1) is 6.92 Å². The molecular weight excluding hydrogens is 306 g/mol. The predicted molar refractivity (Wildman–Crippen MR) is 77.5 cm³/mol. The average Bonchev–Trinajstić information content (AvgIpc) is 2.39. The molecule has 1 aromatic carbocycles. The zero-order valence-corrected chi connectivity index (χ0v) is 12.3. The first-order valence-corrected chi connectivity index (χ1v) is 6.73. The Labute approximate surface area is 120 Å². The molecular formula is C15H14BrNO2. The first kappa shape index (κ1) is 13.7. The minimum absolute atomic E-state index is 0.0417. The fourth-order valence-electron chi connectivity index (χ4n) is 1.67. The SMILES string of the molecule is Cc1ccc(C(=O)C(C)Oc2cncc(Br)c2)cc1. The summed E-state index contributed by atoms with van der Waals surface area (Å²) in [6.45, 7) is 3.73. The lowest BCUT2D eigenvalue weighted by Gasteiger charge is -2.13. The molecule has 98 valence electrons. The number of ketones is 1. The van der Waals surface area contributed by atoms with Crippen molar-refractivity contribution in [3.05, 3.63) is 58.3 Å². The lowest BCUT2D eigenvalue weighted by molar-refractivity contribution is 0.0817. The van der Waals surface area contributed by atoms with Crippen molar-refractivity contribution in [3.63, 3.8) is 0 Å². The number of carbonyl (C=O) groups excluding carboxylic acids is 1. The van der Waals surface area contributed by atoms with E-state index in [0.717, 1.165) is 10.0 Å². The Morgan fingerprint density at radius 3 is 2.58 bits per heavy atom. The summed E-state index contributed by atoms with van der Waals surface area (Å²) in [4.78, 5) is 16.2. The van der Waals surface area contributed by atoms with E-state index in [4.69, 9.17) is 4.74 Å².